The highest BCUT2D eigenvalue weighted by Gasteiger charge is 2.19. The van der Waals surface area contributed by atoms with Crippen LogP contribution in [-0.4, -0.2) is 61.4 Å². The zero-order chi connectivity index (χ0) is 24.8. The van der Waals surface area contributed by atoms with Crippen molar-refractivity contribution in [3.63, 3.8) is 0 Å². The van der Waals surface area contributed by atoms with Gasteiger partial charge in [0.1, 0.15) is 11.5 Å². The number of anilines is 1. The Kier molecular flexibility index (Phi) is 5.10. The van der Waals surface area contributed by atoms with Gasteiger partial charge in [0, 0.05) is 60.3 Å². The summed E-state index contributed by atoms with van der Waals surface area (Å²) in [7, 11) is 0. The molecule has 0 unspecified atom stereocenters. The van der Waals surface area contributed by atoms with Gasteiger partial charge in [-0.2, -0.15) is 5.10 Å². The van der Waals surface area contributed by atoms with Gasteiger partial charge in [-0.05, 0) is 35.9 Å². The van der Waals surface area contributed by atoms with E-state index in [2.05, 4.69) is 35.0 Å². The van der Waals surface area contributed by atoms with E-state index in [9.17, 15) is 4.39 Å². The van der Waals surface area contributed by atoms with E-state index in [-0.39, 0.29) is 5.82 Å². The molecule has 1 aliphatic heterocycles. The van der Waals surface area contributed by atoms with Crippen molar-refractivity contribution < 1.29 is 9.13 Å². The lowest BCUT2D eigenvalue weighted by molar-refractivity contribution is 0.122. The second kappa shape index (κ2) is 8.75. The lowest BCUT2D eigenvalue weighted by atomic mass is 10.0. The van der Waals surface area contributed by atoms with Crippen molar-refractivity contribution in [3.05, 3.63) is 73.2 Å². The van der Waals surface area contributed by atoms with Crippen molar-refractivity contribution in [2.24, 2.45) is 0 Å². The van der Waals surface area contributed by atoms with E-state index in [1.54, 1.807) is 37.1 Å². The fraction of sp³-hybridized carbons (Fsp3) is 0.148. The van der Waals surface area contributed by atoms with Gasteiger partial charge >= 0.3 is 0 Å². The maximum atomic E-state index is 14.7. The molecule has 1 aromatic carbocycles. The molecule has 2 N–H and O–H groups in total. The summed E-state index contributed by atoms with van der Waals surface area (Å²) < 4.78 is 20.2. The molecule has 0 bridgehead atoms. The first-order valence-corrected chi connectivity index (χ1v) is 12.0. The van der Waals surface area contributed by atoms with Crippen LogP contribution in [0.4, 0.5) is 10.1 Å². The number of nitrogens with one attached hydrogen (secondary N) is 2. The zero-order valence-corrected chi connectivity index (χ0v) is 19.6. The third kappa shape index (κ3) is 3.87. The maximum absolute atomic E-state index is 14.7. The molecule has 7 rings (SSSR count). The number of morpholine rings is 1. The van der Waals surface area contributed by atoms with Crippen molar-refractivity contribution in [1.29, 1.82) is 0 Å². The normalized spacial score (nSPS) is 14.0. The maximum Gasteiger partial charge on any atom is 0.159 e. The van der Waals surface area contributed by atoms with Gasteiger partial charge in [-0.1, -0.05) is 6.07 Å². The van der Waals surface area contributed by atoms with Crippen LogP contribution >= 0.6 is 0 Å². The first kappa shape index (κ1) is 21.6. The first-order valence-electron chi connectivity index (χ1n) is 12.0. The second-order valence-corrected chi connectivity index (χ2v) is 8.90. The number of benzene rings is 1. The summed E-state index contributed by atoms with van der Waals surface area (Å²) in [6, 6.07) is 10.9. The summed E-state index contributed by atoms with van der Waals surface area (Å²) in [6.07, 6.45) is 8.76. The summed E-state index contributed by atoms with van der Waals surface area (Å²) in [6.45, 7) is 2.69. The number of fused-ring (bicyclic) bond motifs is 2. The minimum atomic E-state index is -0.306. The van der Waals surface area contributed by atoms with Crippen LogP contribution in [0.15, 0.2) is 67.4 Å². The third-order valence-corrected chi connectivity index (χ3v) is 6.60. The van der Waals surface area contributed by atoms with E-state index < -0.39 is 0 Å². The van der Waals surface area contributed by atoms with Crippen molar-refractivity contribution in [3.8, 4) is 33.8 Å². The Morgan fingerprint density at radius 2 is 1.84 bits per heavy atom. The summed E-state index contributed by atoms with van der Waals surface area (Å²) in [4.78, 5) is 23.5. The Hall–Kier alpha value is -4.70. The van der Waals surface area contributed by atoms with Crippen molar-refractivity contribution in [1.82, 2.24) is 35.1 Å². The van der Waals surface area contributed by atoms with Gasteiger partial charge in [0.25, 0.3) is 0 Å². The van der Waals surface area contributed by atoms with Gasteiger partial charge in [-0.25, -0.2) is 14.4 Å². The molecule has 10 heteroatoms. The van der Waals surface area contributed by atoms with E-state index in [0.29, 0.717) is 41.5 Å². The number of H-pyrrole nitrogens is 2. The topological polar surface area (TPSA) is 108 Å². The summed E-state index contributed by atoms with van der Waals surface area (Å²) in [5, 5.41) is 8.31. The Labute approximate surface area is 210 Å². The molecule has 37 heavy (non-hydrogen) atoms. The number of aromatic amines is 2. The van der Waals surface area contributed by atoms with Crippen LogP contribution in [-0.2, 0) is 4.74 Å². The lowest BCUT2D eigenvalue weighted by Crippen LogP contribution is -2.36. The van der Waals surface area contributed by atoms with Crippen molar-refractivity contribution in [2.75, 3.05) is 31.2 Å². The third-order valence-electron chi connectivity index (χ3n) is 6.60. The molecule has 6 aromatic rings. The fourth-order valence-electron chi connectivity index (χ4n) is 4.77. The van der Waals surface area contributed by atoms with E-state index in [0.717, 1.165) is 46.4 Å². The number of hydrogen-bond acceptors (Lipinski definition) is 7. The van der Waals surface area contributed by atoms with E-state index in [1.807, 2.05) is 24.3 Å². The number of halogens is 1. The standard InChI is InChI=1S/C27H21FN8O/c28-19-8-17(9-20(11-19)36-4-6-37-7-5-36)22-14-30-15-23-24(22)33-27(32-23)25-21-10-18(13-31-26(21)35-34-25)16-2-1-3-29-12-16/h1-3,8-15H,4-7H2,(H,32,33)(H,31,34,35). The van der Waals surface area contributed by atoms with Crippen LogP contribution in [0, 0.1) is 5.82 Å². The van der Waals surface area contributed by atoms with Crippen LogP contribution in [0.3, 0.4) is 0 Å². The van der Waals surface area contributed by atoms with Gasteiger partial charge in [-0.15, -0.1) is 0 Å². The molecule has 1 aliphatic rings. The smallest absolute Gasteiger partial charge is 0.159 e. The van der Waals surface area contributed by atoms with Gasteiger partial charge in [-0.3, -0.25) is 15.1 Å². The average molecular weight is 493 g/mol. The first-order chi connectivity index (χ1) is 18.2. The molecular weight excluding hydrogens is 471 g/mol. The van der Waals surface area contributed by atoms with Gasteiger partial charge in [0.05, 0.1) is 35.8 Å². The zero-order valence-electron chi connectivity index (χ0n) is 19.6. The monoisotopic (exact) mass is 492 g/mol. The molecule has 0 aliphatic carbocycles. The predicted octanol–water partition coefficient (Wildman–Crippen LogP) is 4.60. The molecule has 1 saturated heterocycles. The van der Waals surface area contributed by atoms with E-state index in [4.69, 9.17) is 9.72 Å². The number of pyridine rings is 3. The molecule has 0 atom stereocenters. The van der Waals surface area contributed by atoms with Crippen LogP contribution in [0.5, 0.6) is 0 Å². The fourth-order valence-corrected chi connectivity index (χ4v) is 4.77. The largest absolute Gasteiger partial charge is 0.378 e. The highest BCUT2D eigenvalue weighted by atomic mass is 19.1. The molecule has 9 nitrogen and oxygen atoms in total. The number of hydrogen-bond donors (Lipinski definition) is 2. The quantitative estimate of drug-likeness (QED) is 0.370. The van der Waals surface area contributed by atoms with Crippen LogP contribution in [0.1, 0.15) is 0 Å². The number of aromatic nitrogens is 7. The Morgan fingerprint density at radius 3 is 2.70 bits per heavy atom. The van der Waals surface area contributed by atoms with E-state index in [1.165, 1.54) is 6.07 Å². The van der Waals surface area contributed by atoms with E-state index >= 15 is 0 Å². The molecule has 0 radical (unpaired) electrons. The molecule has 1 fully saturated rings. The minimum absolute atomic E-state index is 0.306. The van der Waals surface area contributed by atoms with Crippen LogP contribution < -0.4 is 4.90 Å². The van der Waals surface area contributed by atoms with Crippen molar-refractivity contribution >= 4 is 27.8 Å². The number of rotatable bonds is 4. The van der Waals surface area contributed by atoms with Gasteiger partial charge in [0.15, 0.2) is 11.5 Å². The van der Waals surface area contributed by atoms with Crippen LogP contribution in [0.2, 0.25) is 0 Å². The second-order valence-electron chi connectivity index (χ2n) is 8.90. The highest BCUT2D eigenvalue weighted by Crippen LogP contribution is 2.34. The lowest BCUT2D eigenvalue weighted by Gasteiger charge is -2.29. The minimum Gasteiger partial charge on any atom is -0.378 e. The summed E-state index contributed by atoms with van der Waals surface area (Å²) in [5.41, 5.74) is 6.88. The van der Waals surface area contributed by atoms with Gasteiger partial charge < -0.3 is 14.6 Å². The summed E-state index contributed by atoms with van der Waals surface area (Å²) in [5.74, 6) is 0.268. The Balaban J connectivity index is 1.33. The number of nitrogens with zero attached hydrogens (tertiary/aromatic N) is 6. The summed E-state index contributed by atoms with van der Waals surface area (Å²) >= 11 is 0. The Morgan fingerprint density at radius 1 is 0.919 bits per heavy atom. The molecule has 0 saturated carbocycles. The molecule has 182 valence electrons. The van der Waals surface area contributed by atoms with Gasteiger partial charge in [0.2, 0.25) is 0 Å². The number of imidazole rings is 1. The molecular formula is C27H21FN8O. The number of ether oxygens (including phenoxy) is 1. The molecule has 6 heterocycles. The Bertz CT molecular complexity index is 1740. The average Bonchev–Trinajstić information content (AvgIpc) is 3.57. The van der Waals surface area contributed by atoms with Crippen molar-refractivity contribution in [2.45, 2.75) is 0 Å². The van der Waals surface area contributed by atoms with Crippen LogP contribution in [0.25, 0.3) is 55.8 Å². The molecule has 0 spiro atoms. The molecule has 0 amide bonds. The highest BCUT2D eigenvalue weighted by molar-refractivity contribution is 5.97. The predicted molar refractivity (Wildman–Crippen MR) is 138 cm³/mol. The molecule has 5 aromatic heterocycles. The SMILES string of the molecule is Fc1cc(-c2cncc3[nH]c(-c4n[nH]c5ncc(-c6cccnc6)cc45)nc23)cc(N2CCOCC2)c1.